The van der Waals surface area contributed by atoms with Crippen molar-refractivity contribution in [3.8, 4) is 22.9 Å². The normalized spacial score (nSPS) is 11.3. The fourth-order valence-corrected chi connectivity index (χ4v) is 12.4. The summed E-state index contributed by atoms with van der Waals surface area (Å²) in [6.07, 6.45) is 0. The summed E-state index contributed by atoms with van der Waals surface area (Å²) in [4.78, 5) is 4.09. The number of nitriles is 1. The van der Waals surface area contributed by atoms with Crippen LogP contribution in [-0.4, -0.2) is 12.6 Å². The van der Waals surface area contributed by atoms with E-state index in [0.717, 1.165) is 48.6 Å². The summed E-state index contributed by atoms with van der Waals surface area (Å²) in [5.74, 6) is 0. The minimum absolute atomic E-state index is 0.514. The van der Waals surface area contributed by atoms with Crippen LogP contribution in [-0.2, 0) is 0 Å². The molecule has 0 atom stereocenters. The van der Waals surface area contributed by atoms with Gasteiger partial charge in [-0.25, -0.2) is 4.85 Å². The molecule has 48 heavy (non-hydrogen) atoms. The molecule has 0 unspecified atom stereocenters. The lowest BCUT2D eigenvalue weighted by Crippen LogP contribution is -2.75. The van der Waals surface area contributed by atoms with Crippen molar-refractivity contribution >= 4 is 56.3 Å². The minimum atomic E-state index is -3.15. The Morgan fingerprint density at radius 3 is 1.44 bits per heavy atom. The van der Waals surface area contributed by atoms with Gasteiger partial charge in [0.25, 0.3) is 0 Å². The third-order valence-corrected chi connectivity index (χ3v) is 14.3. The van der Waals surface area contributed by atoms with Crippen LogP contribution in [0, 0.1) is 17.9 Å². The molecule has 7 aromatic carbocycles. The highest BCUT2D eigenvalue weighted by atomic mass is 28.3. The van der Waals surface area contributed by atoms with Crippen molar-refractivity contribution in [2.75, 3.05) is 0 Å². The molecule has 0 amide bonds. The molecule has 0 saturated heterocycles. The highest BCUT2D eigenvalue weighted by Gasteiger charge is 2.45. The second-order valence-electron chi connectivity index (χ2n) is 11.9. The Hall–Kier alpha value is -6.46. The van der Waals surface area contributed by atoms with Gasteiger partial charge in [0.2, 0.25) is 0 Å². The van der Waals surface area contributed by atoms with Gasteiger partial charge >= 0.3 is 0 Å². The summed E-state index contributed by atoms with van der Waals surface area (Å²) in [5.41, 5.74) is 6.18. The van der Waals surface area contributed by atoms with E-state index in [4.69, 9.17) is 6.57 Å². The van der Waals surface area contributed by atoms with E-state index < -0.39 is 8.07 Å². The predicted octanol–water partition coefficient (Wildman–Crippen LogP) is 8.25. The van der Waals surface area contributed by atoms with E-state index in [9.17, 15) is 5.26 Å². The first-order valence-electron chi connectivity index (χ1n) is 16.0. The maximum Gasteiger partial charge on any atom is 0.189 e. The van der Waals surface area contributed by atoms with Crippen LogP contribution in [0.2, 0.25) is 0 Å². The first-order chi connectivity index (χ1) is 23.8. The molecule has 1 aromatic heterocycles. The van der Waals surface area contributed by atoms with E-state index in [1.165, 1.54) is 10.8 Å². The smallest absolute Gasteiger partial charge is 0.189 e. The molecule has 1 heterocycles. The quantitative estimate of drug-likeness (QED) is 0.104. The van der Waals surface area contributed by atoms with Gasteiger partial charge in [0.15, 0.2) is 13.8 Å². The predicted molar refractivity (Wildman–Crippen MR) is 201 cm³/mol. The minimum Gasteiger partial charge on any atom is -0.309 e. The van der Waals surface area contributed by atoms with E-state index in [0.29, 0.717) is 11.3 Å². The van der Waals surface area contributed by atoms with Crippen molar-refractivity contribution < 1.29 is 0 Å². The average molecular weight is 628 g/mol. The molecule has 8 rings (SSSR count). The number of rotatable bonds is 6. The van der Waals surface area contributed by atoms with Crippen molar-refractivity contribution in [3.63, 3.8) is 0 Å². The average Bonchev–Trinajstić information content (AvgIpc) is 3.51. The molecule has 0 aliphatic heterocycles. The van der Waals surface area contributed by atoms with Crippen LogP contribution in [0.3, 0.4) is 0 Å². The Labute approximate surface area is 281 Å². The molecule has 0 radical (unpaired) electrons. The molecule has 8 aromatic rings. The number of hydrogen-bond donors (Lipinski definition) is 0. The van der Waals surface area contributed by atoms with Crippen LogP contribution in [0.15, 0.2) is 176 Å². The lowest BCUT2D eigenvalue weighted by Gasteiger charge is -2.36. The number of aromatic nitrogens is 1. The molecule has 0 fully saturated rings. The second-order valence-corrected chi connectivity index (χ2v) is 15.6. The Bertz CT molecular complexity index is 2350. The first-order valence-corrected chi connectivity index (χ1v) is 18.0. The zero-order valence-corrected chi connectivity index (χ0v) is 27.1. The molecular weight excluding hydrogens is 599 g/mol. The van der Waals surface area contributed by atoms with Crippen molar-refractivity contribution in [2.24, 2.45) is 0 Å². The Kier molecular flexibility index (Phi) is 7.27. The second kappa shape index (κ2) is 12.0. The van der Waals surface area contributed by atoms with E-state index in [-0.39, 0.29) is 0 Å². The summed E-state index contributed by atoms with van der Waals surface area (Å²) in [6, 6.07) is 63.3. The van der Waals surface area contributed by atoms with Crippen molar-refractivity contribution in [1.29, 1.82) is 5.26 Å². The number of para-hydroxylation sites is 2. The van der Waals surface area contributed by atoms with Gasteiger partial charge in [-0.15, -0.1) is 0 Å². The molecule has 0 spiro atoms. The van der Waals surface area contributed by atoms with Gasteiger partial charge in [-0.05, 0) is 56.1 Å². The zero-order valence-electron chi connectivity index (χ0n) is 26.1. The topological polar surface area (TPSA) is 33.1 Å². The van der Waals surface area contributed by atoms with Gasteiger partial charge in [0, 0.05) is 22.0 Å². The fraction of sp³-hybridized carbons (Fsp3) is 0. The summed E-state index contributed by atoms with van der Waals surface area (Å²) >= 11 is 0. The fourth-order valence-electron chi connectivity index (χ4n) is 7.41. The molecule has 3 nitrogen and oxygen atoms in total. The first kappa shape index (κ1) is 29.0. The lowest BCUT2D eigenvalue weighted by molar-refractivity contribution is 1.18. The van der Waals surface area contributed by atoms with Crippen LogP contribution in [0.1, 0.15) is 5.56 Å². The SMILES string of the molecule is [C-]#[N+]c1ccc(-c2ccc(-n3c4ccccc4c4ccccc43)cc2)c(C#N)c1[Si](c1ccccc1)(c1ccccc1)c1ccccc1. The largest absolute Gasteiger partial charge is 0.309 e. The third kappa shape index (κ3) is 4.48. The number of nitrogens with zero attached hydrogens (tertiary/aromatic N) is 3. The number of fused-ring (bicyclic) bond motifs is 3. The van der Waals surface area contributed by atoms with Crippen molar-refractivity contribution in [3.05, 3.63) is 193 Å². The number of benzene rings is 7. The van der Waals surface area contributed by atoms with Gasteiger partial charge in [-0.3, -0.25) is 0 Å². The molecule has 0 aliphatic carbocycles. The van der Waals surface area contributed by atoms with Crippen molar-refractivity contribution in [1.82, 2.24) is 4.57 Å². The standard InChI is InChI=1S/C44H29N3Si/c1-46-41-30-29-37(32-25-27-33(28-26-32)47-42-23-13-11-21-38(42)39-22-12-14-24-43(39)47)40(31-45)44(41)48(34-15-5-2-6-16-34,35-17-7-3-8-18-35)36-19-9-4-10-20-36/h2-30H. The summed E-state index contributed by atoms with van der Waals surface area (Å²) in [6.45, 7) is 8.37. The molecule has 0 N–H and O–H groups in total. The van der Waals surface area contributed by atoms with Gasteiger partial charge in [0.1, 0.15) is 0 Å². The molecular formula is C44H29N3Si. The van der Waals surface area contributed by atoms with E-state index >= 15 is 0 Å². The monoisotopic (exact) mass is 627 g/mol. The van der Waals surface area contributed by atoms with Gasteiger partial charge < -0.3 is 4.57 Å². The van der Waals surface area contributed by atoms with Crippen LogP contribution >= 0.6 is 0 Å². The van der Waals surface area contributed by atoms with Gasteiger partial charge in [-0.2, -0.15) is 5.26 Å². The van der Waals surface area contributed by atoms with Crippen LogP contribution < -0.4 is 20.7 Å². The van der Waals surface area contributed by atoms with Gasteiger partial charge in [0.05, 0.1) is 23.7 Å². The number of hydrogen-bond acceptors (Lipinski definition) is 1. The van der Waals surface area contributed by atoms with Crippen LogP contribution in [0.4, 0.5) is 5.69 Å². The lowest BCUT2D eigenvalue weighted by atomic mass is 9.99. The zero-order chi connectivity index (χ0) is 32.5. The molecule has 224 valence electrons. The highest BCUT2D eigenvalue weighted by molar-refractivity contribution is 7.20. The van der Waals surface area contributed by atoms with E-state index in [2.05, 4.69) is 161 Å². The molecule has 0 saturated carbocycles. The Balaban J connectivity index is 1.39. The van der Waals surface area contributed by atoms with Gasteiger partial charge in [-0.1, -0.05) is 152 Å². The van der Waals surface area contributed by atoms with Crippen LogP contribution in [0.5, 0.6) is 0 Å². The van der Waals surface area contributed by atoms with Crippen molar-refractivity contribution in [2.45, 2.75) is 0 Å². The molecule has 0 bridgehead atoms. The summed E-state index contributed by atoms with van der Waals surface area (Å²) < 4.78 is 2.30. The Morgan fingerprint density at radius 2 is 0.979 bits per heavy atom. The maximum atomic E-state index is 11.1. The van der Waals surface area contributed by atoms with E-state index in [1.54, 1.807) is 0 Å². The van der Waals surface area contributed by atoms with Crippen LogP contribution in [0.25, 0.3) is 43.5 Å². The summed E-state index contributed by atoms with van der Waals surface area (Å²) in [7, 11) is -3.15. The highest BCUT2D eigenvalue weighted by Crippen LogP contribution is 2.34. The third-order valence-electron chi connectivity index (χ3n) is 9.43. The molecule has 4 heteroatoms. The molecule has 0 aliphatic rings. The van der Waals surface area contributed by atoms with E-state index in [1.807, 2.05) is 30.3 Å². The maximum absolute atomic E-state index is 11.1. The Morgan fingerprint density at radius 1 is 0.521 bits per heavy atom. The summed E-state index contributed by atoms with van der Waals surface area (Å²) in [5, 5.41) is 17.7.